The van der Waals surface area contributed by atoms with Crippen molar-refractivity contribution in [2.24, 2.45) is 0 Å². The topological polar surface area (TPSA) is 38.8 Å². The third kappa shape index (κ3) is 5.57. The van der Waals surface area contributed by atoms with E-state index < -0.39 is 0 Å². The molecule has 0 aliphatic carbocycles. The first-order valence-electron chi connectivity index (χ1n) is 10.3. The molecule has 6 heteroatoms. The summed E-state index contributed by atoms with van der Waals surface area (Å²) in [5.41, 5.74) is 4.14. The maximum atomic E-state index is 12.6. The molecule has 0 N–H and O–H groups in total. The number of carbonyl (C=O) groups excluding carboxylic acids is 1. The largest absolute Gasteiger partial charge is 0.490 e. The van der Waals surface area contributed by atoms with Crippen molar-refractivity contribution < 1.29 is 14.3 Å². The highest BCUT2D eigenvalue weighted by Crippen LogP contribution is 2.37. The van der Waals surface area contributed by atoms with E-state index in [-0.39, 0.29) is 5.91 Å². The van der Waals surface area contributed by atoms with Gasteiger partial charge >= 0.3 is 0 Å². The summed E-state index contributed by atoms with van der Waals surface area (Å²) in [7, 11) is 0. The molecule has 0 spiro atoms. The zero-order chi connectivity index (χ0) is 22.4. The van der Waals surface area contributed by atoms with Crippen LogP contribution in [0.25, 0.3) is 6.08 Å². The smallest absolute Gasteiger partial charge is 0.266 e. The average molecular weight is 454 g/mol. The van der Waals surface area contributed by atoms with Crippen LogP contribution >= 0.6 is 24.0 Å². The minimum absolute atomic E-state index is 0.0552. The number of thiocarbonyl (C=S) groups is 1. The Morgan fingerprint density at radius 3 is 2.52 bits per heavy atom. The Hall–Kier alpha value is -2.57. The first-order chi connectivity index (χ1) is 15.0. The maximum Gasteiger partial charge on any atom is 0.266 e. The van der Waals surface area contributed by atoms with Crippen LogP contribution in [0.4, 0.5) is 0 Å². The van der Waals surface area contributed by atoms with Crippen molar-refractivity contribution in [3.8, 4) is 11.5 Å². The van der Waals surface area contributed by atoms with E-state index in [4.69, 9.17) is 21.7 Å². The van der Waals surface area contributed by atoms with Crippen molar-refractivity contribution >= 4 is 40.3 Å². The van der Waals surface area contributed by atoms with Crippen LogP contribution in [0.5, 0.6) is 11.5 Å². The fourth-order valence-electron chi connectivity index (χ4n) is 3.26. The lowest BCUT2D eigenvalue weighted by atomic mass is 10.0. The first kappa shape index (κ1) is 23.1. The number of carbonyl (C=O) groups is 1. The molecule has 1 aliphatic rings. The van der Waals surface area contributed by atoms with E-state index in [1.807, 2.05) is 38.1 Å². The van der Waals surface area contributed by atoms with Crippen LogP contribution in [0.1, 0.15) is 36.1 Å². The quantitative estimate of drug-likeness (QED) is 0.268. The molecule has 0 aromatic heterocycles. The molecule has 2 aromatic carbocycles. The number of rotatable bonds is 9. The molecule has 4 nitrogen and oxygen atoms in total. The summed E-state index contributed by atoms with van der Waals surface area (Å²) in [4.78, 5) is 14.8. The van der Waals surface area contributed by atoms with Gasteiger partial charge in [0.2, 0.25) is 0 Å². The number of ether oxygens (including phenoxy) is 2. The number of benzene rings is 2. The summed E-state index contributed by atoms with van der Waals surface area (Å²) in [6.45, 7) is 11.3. The lowest BCUT2D eigenvalue weighted by Crippen LogP contribution is -2.27. The van der Waals surface area contributed by atoms with E-state index in [1.54, 1.807) is 4.90 Å². The molecule has 0 atom stereocenters. The Morgan fingerprint density at radius 2 is 1.90 bits per heavy atom. The summed E-state index contributed by atoms with van der Waals surface area (Å²) in [6, 6.07) is 12.2. The minimum atomic E-state index is -0.0552. The highest BCUT2D eigenvalue weighted by atomic mass is 32.2. The number of nitrogens with zero attached hydrogens (tertiary/aromatic N) is 1. The van der Waals surface area contributed by atoms with Crippen molar-refractivity contribution in [2.75, 3.05) is 13.2 Å². The predicted molar refractivity (Wildman–Crippen MR) is 133 cm³/mol. The van der Waals surface area contributed by atoms with Crippen molar-refractivity contribution in [3.63, 3.8) is 0 Å². The molecule has 0 bridgehead atoms. The van der Waals surface area contributed by atoms with Gasteiger partial charge in [0.25, 0.3) is 5.91 Å². The Labute approximate surface area is 193 Å². The standard InChI is InChI=1S/C25H27NO3S2/c1-5-8-20-13-19(15-22-24(27)26(6-2)25(30)31-22)14-21(28-7-3)23(20)29-16-18-11-9-17(4)10-12-18/h5,9-15H,1,6-8,16H2,2-4H3. The van der Waals surface area contributed by atoms with Crippen LogP contribution in [-0.4, -0.2) is 28.3 Å². The second-order valence-electron chi connectivity index (χ2n) is 7.13. The SMILES string of the molecule is C=CCc1cc(C=C2SC(=S)N(CC)C2=O)cc(OCC)c1OCc1ccc(C)cc1. The summed E-state index contributed by atoms with van der Waals surface area (Å²) in [5.74, 6) is 1.31. The molecule has 1 aliphatic heterocycles. The van der Waals surface area contributed by atoms with Gasteiger partial charge in [0.05, 0.1) is 11.5 Å². The summed E-state index contributed by atoms with van der Waals surface area (Å²) in [6.07, 6.45) is 4.33. The molecule has 1 saturated heterocycles. The van der Waals surface area contributed by atoms with Gasteiger partial charge in [0.15, 0.2) is 11.5 Å². The zero-order valence-electron chi connectivity index (χ0n) is 18.1. The normalized spacial score (nSPS) is 14.9. The van der Waals surface area contributed by atoms with Crippen LogP contribution in [0.3, 0.4) is 0 Å². The molecule has 162 valence electrons. The fraction of sp³-hybridized carbons (Fsp3) is 0.280. The third-order valence-corrected chi connectivity index (χ3v) is 6.19. The van der Waals surface area contributed by atoms with E-state index >= 15 is 0 Å². The van der Waals surface area contributed by atoms with Crippen LogP contribution in [0, 0.1) is 6.92 Å². The maximum absolute atomic E-state index is 12.6. The van der Waals surface area contributed by atoms with Gasteiger partial charge in [0, 0.05) is 12.1 Å². The Bertz CT molecular complexity index is 1010. The lowest BCUT2D eigenvalue weighted by molar-refractivity contribution is -0.121. The fourth-order valence-corrected chi connectivity index (χ4v) is 4.65. The van der Waals surface area contributed by atoms with Gasteiger partial charge in [-0.2, -0.15) is 0 Å². The van der Waals surface area contributed by atoms with E-state index in [1.165, 1.54) is 17.3 Å². The van der Waals surface area contributed by atoms with Crippen molar-refractivity contribution in [2.45, 2.75) is 33.8 Å². The molecule has 3 rings (SSSR count). The van der Waals surface area contributed by atoms with Gasteiger partial charge < -0.3 is 9.47 Å². The van der Waals surface area contributed by atoms with Crippen LogP contribution in [-0.2, 0) is 17.8 Å². The van der Waals surface area contributed by atoms with Gasteiger partial charge in [-0.15, -0.1) is 6.58 Å². The van der Waals surface area contributed by atoms with Crippen LogP contribution < -0.4 is 9.47 Å². The molecule has 1 amide bonds. The predicted octanol–water partition coefficient (Wildman–Crippen LogP) is 5.92. The number of thioether (sulfide) groups is 1. The molecule has 2 aromatic rings. The van der Waals surface area contributed by atoms with Crippen molar-refractivity contribution in [1.82, 2.24) is 4.90 Å². The molecule has 31 heavy (non-hydrogen) atoms. The Morgan fingerprint density at radius 1 is 1.16 bits per heavy atom. The monoisotopic (exact) mass is 453 g/mol. The Balaban J connectivity index is 1.95. The number of hydrogen-bond donors (Lipinski definition) is 0. The molecule has 1 heterocycles. The van der Waals surface area contributed by atoms with Gasteiger partial charge in [0.1, 0.15) is 10.9 Å². The summed E-state index contributed by atoms with van der Waals surface area (Å²) >= 11 is 6.65. The van der Waals surface area contributed by atoms with Gasteiger partial charge in [-0.1, -0.05) is 59.9 Å². The van der Waals surface area contributed by atoms with E-state index in [2.05, 4.69) is 37.8 Å². The van der Waals surface area contributed by atoms with Crippen LogP contribution in [0.15, 0.2) is 54.0 Å². The van der Waals surface area contributed by atoms with Crippen molar-refractivity contribution in [3.05, 3.63) is 76.2 Å². The Kier molecular flexibility index (Phi) is 7.93. The second kappa shape index (κ2) is 10.6. The molecule has 0 saturated carbocycles. The molecule has 0 radical (unpaired) electrons. The van der Waals surface area contributed by atoms with E-state index in [0.717, 1.165) is 16.7 Å². The molecular weight excluding hydrogens is 426 g/mol. The summed E-state index contributed by atoms with van der Waals surface area (Å²) in [5, 5.41) is 0. The highest BCUT2D eigenvalue weighted by Gasteiger charge is 2.30. The van der Waals surface area contributed by atoms with Gasteiger partial charge in [-0.25, -0.2) is 0 Å². The number of aryl methyl sites for hydroxylation is 1. The molecule has 1 fully saturated rings. The third-order valence-electron chi connectivity index (χ3n) is 4.81. The average Bonchev–Trinajstić information content (AvgIpc) is 3.01. The number of allylic oxidation sites excluding steroid dienone is 1. The lowest BCUT2D eigenvalue weighted by Gasteiger charge is -2.17. The van der Waals surface area contributed by atoms with Crippen LogP contribution in [0.2, 0.25) is 0 Å². The number of hydrogen-bond acceptors (Lipinski definition) is 5. The molecular formula is C25H27NO3S2. The highest BCUT2D eigenvalue weighted by molar-refractivity contribution is 8.26. The minimum Gasteiger partial charge on any atom is -0.490 e. The second-order valence-corrected chi connectivity index (χ2v) is 8.81. The van der Waals surface area contributed by atoms with Gasteiger partial charge in [-0.3, -0.25) is 9.69 Å². The number of amides is 1. The zero-order valence-corrected chi connectivity index (χ0v) is 19.8. The van der Waals surface area contributed by atoms with E-state index in [0.29, 0.717) is 46.9 Å². The summed E-state index contributed by atoms with van der Waals surface area (Å²) < 4.78 is 12.7. The first-order valence-corrected chi connectivity index (χ1v) is 11.5. The van der Waals surface area contributed by atoms with E-state index in [9.17, 15) is 4.79 Å². The van der Waals surface area contributed by atoms with Crippen molar-refractivity contribution in [1.29, 1.82) is 0 Å². The van der Waals surface area contributed by atoms with Gasteiger partial charge in [-0.05, 0) is 56.5 Å². The molecule has 0 unspecified atom stereocenters. The number of likely N-dealkylation sites (N-methyl/N-ethyl adjacent to an activating group) is 1.